The van der Waals surface area contributed by atoms with E-state index >= 15 is 0 Å². The van der Waals surface area contributed by atoms with E-state index in [1.54, 1.807) is 0 Å². The van der Waals surface area contributed by atoms with Gasteiger partial charge in [-0.1, -0.05) is 49.1 Å². The normalized spacial score (nSPS) is 20.4. The molecule has 1 fully saturated rings. The second kappa shape index (κ2) is 6.37. The number of hydrogen-bond acceptors (Lipinski definition) is 2. The molecule has 1 aromatic rings. The van der Waals surface area contributed by atoms with Crippen molar-refractivity contribution in [2.75, 3.05) is 13.1 Å². The first-order valence-corrected chi connectivity index (χ1v) is 7.96. The molecule has 1 spiro atoms. The molecule has 3 rings (SSSR count). The van der Waals surface area contributed by atoms with Crippen molar-refractivity contribution in [3.63, 3.8) is 0 Å². The van der Waals surface area contributed by atoms with E-state index in [9.17, 15) is 0 Å². The quantitative estimate of drug-likeness (QED) is 0.840. The number of nitrogens with one attached hydrogen (secondary N) is 1. The molecule has 22 heavy (non-hydrogen) atoms. The Morgan fingerprint density at radius 1 is 1.27 bits per heavy atom. The first-order chi connectivity index (χ1) is 10.8. The third-order valence-corrected chi connectivity index (χ3v) is 4.38. The Balaban J connectivity index is 2.09. The number of fused-ring (bicyclic) bond motifs is 1. The van der Waals surface area contributed by atoms with Gasteiger partial charge in [-0.05, 0) is 43.3 Å². The number of ether oxygens (including phenoxy) is 1. The van der Waals surface area contributed by atoms with Crippen LogP contribution in [0.5, 0.6) is 5.75 Å². The summed E-state index contributed by atoms with van der Waals surface area (Å²) in [6.45, 7) is 7.85. The average molecular weight is 293 g/mol. The number of piperidine rings is 1. The van der Waals surface area contributed by atoms with Gasteiger partial charge in [0.05, 0.1) is 0 Å². The third kappa shape index (κ3) is 2.79. The Hall–Kier alpha value is -2.06. The van der Waals surface area contributed by atoms with Gasteiger partial charge in [-0.15, -0.1) is 0 Å². The van der Waals surface area contributed by atoms with Crippen molar-refractivity contribution in [3.05, 3.63) is 72.4 Å². The Morgan fingerprint density at radius 2 is 2.05 bits per heavy atom. The Kier molecular flexibility index (Phi) is 4.30. The zero-order valence-electron chi connectivity index (χ0n) is 13.1. The summed E-state index contributed by atoms with van der Waals surface area (Å²) in [7, 11) is 0. The SMILES string of the molecule is C=CC=CC(=CC)C1=CC2(CCNCC2)Oc2ccccc21. The van der Waals surface area contributed by atoms with Gasteiger partial charge in [0.1, 0.15) is 11.4 Å². The minimum atomic E-state index is -0.175. The molecule has 2 aliphatic rings. The molecule has 0 atom stereocenters. The number of hydrogen-bond donors (Lipinski definition) is 1. The van der Waals surface area contributed by atoms with Gasteiger partial charge in [0.15, 0.2) is 0 Å². The zero-order chi connectivity index (χ0) is 15.4. The van der Waals surface area contributed by atoms with E-state index in [-0.39, 0.29) is 5.60 Å². The second-order valence-corrected chi connectivity index (χ2v) is 5.81. The van der Waals surface area contributed by atoms with Crippen LogP contribution in [-0.2, 0) is 0 Å². The van der Waals surface area contributed by atoms with E-state index < -0.39 is 0 Å². The summed E-state index contributed by atoms with van der Waals surface area (Å²) in [5.74, 6) is 0.994. The Morgan fingerprint density at radius 3 is 2.77 bits per heavy atom. The minimum Gasteiger partial charge on any atom is -0.482 e. The summed E-state index contributed by atoms with van der Waals surface area (Å²) in [6, 6.07) is 8.34. The first-order valence-electron chi connectivity index (χ1n) is 7.96. The standard InChI is InChI=1S/C20H23NO/c1-3-5-8-16(4-2)18-15-20(11-13-21-14-12-20)22-19-10-7-6-9-17(18)19/h3-10,15,21H,1,11-14H2,2H3. The van der Waals surface area contributed by atoms with Crippen LogP contribution in [-0.4, -0.2) is 18.7 Å². The number of para-hydroxylation sites is 1. The maximum absolute atomic E-state index is 6.40. The molecule has 114 valence electrons. The molecular weight excluding hydrogens is 270 g/mol. The molecule has 2 aliphatic heterocycles. The molecule has 1 saturated heterocycles. The van der Waals surface area contributed by atoms with Crippen LogP contribution >= 0.6 is 0 Å². The van der Waals surface area contributed by atoms with Crippen molar-refractivity contribution in [1.82, 2.24) is 5.32 Å². The van der Waals surface area contributed by atoms with Crippen LogP contribution in [0.1, 0.15) is 25.3 Å². The topological polar surface area (TPSA) is 21.3 Å². The fourth-order valence-corrected chi connectivity index (χ4v) is 3.22. The lowest BCUT2D eigenvalue weighted by molar-refractivity contribution is 0.0817. The molecule has 0 radical (unpaired) electrons. The summed E-state index contributed by atoms with van der Waals surface area (Å²) in [6.07, 6.45) is 12.4. The molecule has 0 aromatic heterocycles. The average Bonchev–Trinajstić information content (AvgIpc) is 2.56. The molecule has 2 nitrogen and oxygen atoms in total. The largest absolute Gasteiger partial charge is 0.482 e. The predicted octanol–water partition coefficient (Wildman–Crippen LogP) is 4.27. The van der Waals surface area contributed by atoms with Gasteiger partial charge in [-0.25, -0.2) is 0 Å². The zero-order valence-corrected chi connectivity index (χ0v) is 13.1. The second-order valence-electron chi connectivity index (χ2n) is 5.81. The van der Waals surface area contributed by atoms with Gasteiger partial charge >= 0.3 is 0 Å². The van der Waals surface area contributed by atoms with E-state index in [4.69, 9.17) is 4.74 Å². The molecule has 1 N–H and O–H groups in total. The van der Waals surface area contributed by atoms with Crippen LogP contribution in [0.3, 0.4) is 0 Å². The maximum Gasteiger partial charge on any atom is 0.130 e. The van der Waals surface area contributed by atoms with E-state index in [2.05, 4.69) is 55.2 Å². The van der Waals surface area contributed by atoms with Crippen molar-refractivity contribution >= 4 is 5.57 Å². The first kappa shape index (κ1) is 14.9. The Bertz CT molecular complexity index is 645. The lowest BCUT2D eigenvalue weighted by Crippen LogP contribution is -2.46. The molecule has 1 aromatic carbocycles. The molecule has 0 aliphatic carbocycles. The molecule has 0 amide bonds. The van der Waals surface area contributed by atoms with Crippen molar-refractivity contribution in [1.29, 1.82) is 0 Å². The van der Waals surface area contributed by atoms with Gasteiger partial charge in [-0.3, -0.25) is 0 Å². The molecule has 2 heterocycles. The lowest BCUT2D eigenvalue weighted by atomic mass is 9.83. The highest BCUT2D eigenvalue weighted by Gasteiger charge is 2.36. The van der Waals surface area contributed by atoms with Gasteiger partial charge in [0.25, 0.3) is 0 Å². The number of benzene rings is 1. The minimum absolute atomic E-state index is 0.175. The summed E-state index contributed by atoms with van der Waals surface area (Å²) in [5.41, 5.74) is 3.48. The molecule has 2 heteroatoms. The fourth-order valence-electron chi connectivity index (χ4n) is 3.22. The molecule has 0 saturated carbocycles. The molecule has 0 bridgehead atoms. The molecule has 0 unspecified atom stereocenters. The summed E-state index contributed by atoms with van der Waals surface area (Å²) in [4.78, 5) is 0. The van der Waals surface area contributed by atoms with E-state index in [1.807, 2.05) is 18.2 Å². The maximum atomic E-state index is 6.40. The third-order valence-electron chi connectivity index (χ3n) is 4.38. The van der Waals surface area contributed by atoms with Crippen LogP contribution in [0.25, 0.3) is 5.57 Å². The van der Waals surface area contributed by atoms with Gasteiger partial charge in [0.2, 0.25) is 0 Å². The van der Waals surface area contributed by atoms with Crippen molar-refractivity contribution in [2.45, 2.75) is 25.4 Å². The van der Waals surface area contributed by atoms with Crippen LogP contribution in [0.15, 0.2) is 66.8 Å². The highest BCUT2D eigenvalue weighted by Crippen LogP contribution is 2.42. The van der Waals surface area contributed by atoms with Crippen molar-refractivity contribution < 1.29 is 4.74 Å². The summed E-state index contributed by atoms with van der Waals surface area (Å²) < 4.78 is 6.40. The summed E-state index contributed by atoms with van der Waals surface area (Å²) >= 11 is 0. The van der Waals surface area contributed by atoms with E-state index in [1.165, 1.54) is 16.7 Å². The Labute approximate surface area is 132 Å². The van der Waals surface area contributed by atoms with Crippen LogP contribution < -0.4 is 10.1 Å². The predicted molar refractivity (Wildman–Crippen MR) is 93.0 cm³/mol. The number of rotatable bonds is 3. The van der Waals surface area contributed by atoms with Crippen LogP contribution in [0, 0.1) is 0 Å². The van der Waals surface area contributed by atoms with Gasteiger partial charge in [-0.2, -0.15) is 0 Å². The van der Waals surface area contributed by atoms with E-state index in [0.29, 0.717) is 0 Å². The van der Waals surface area contributed by atoms with Gasteiger partial charge in [0, 0.05) is 18.4 Å². The summed E-state index contributed by atoms with van der Waals surface area (Å²) in [5, 5.41) is 3.42. The number of allylic oxidation sites excluding steroid dienone is 6. The fraction of sp³-hybridized carbons (Fsp3) is 0.300. The lowest BCUT2D eigenvalue weighted by Gasteiger charge is -2.40. The van der Waals surface area contributed by atoms with E-state index in [0.717, 1.165) is 31.7 Å². The van der Waals surface area contributed by atoms with Crippen molar-refractivity contribution in [2.24, 2.45) is 0 Å². The highest BCUT2D eigenvalue weighted by atomic mass is 16.5. The molecular formula is C20H23NO. The highest BCUT2D eigenvalue weighted by molar-refractivity contribution is 5.86. The van der Waals surface area contributed by atoms with Gasteiger partial charge < -0.3 is 10.1 Å². The monoisotopic (exact) mass is 293 g/mol. The smallest absolute Gasteiger partial charge is 0.130 e. The van der Waals surface area contributed by atoms with Crippen LogP contribution in [0.2, 0.25) is 0 Å². The van der Waals surface area contributed by atoms with Crippen LogP contribution in [0.4, 0.5) is 0 Å². The van der Waals surface area contributed by atoms with Crippen molar-refractivity contribution in [3.8, 4) is 5.75 Å².